The van der Waals surface area contributed by atoms with Crippen LogP contribution in [0.2, 0.25) is 0 Å². The topological polar surface area (TPSA) is 83.6 Å². The van der Waals surface area contributed by atoms with Crippen molar-refractivity contribution in [2.45, 2.75) is 37.2 Å². The summed E-state index contributed by atoms with van der Waals surface area (Å²) in [6.07, 6.45) is 4.23. The van der Waals surface area contributed by atoms with E-state index in [-0.39, 0.29) is 0 Å². The van der Waals surface area contributed by atoms with Gasteiger partial charge >= 0.3 is 31.1 Å². The van der Waals surface area contributed by atoms with E-state index in [1.54, 1.807) is 0 Å². The largest absolute Gasteiger partial charge is 0.512 e. The first-order chi connectivity index (χ1) is 10.5. The number of nitrogens with zero attached hydrogens (tertiary/aromatic N) is 1. The molecule has 0 aromatic carbocycles. The van der Waals surface area contributed by atoms with E-state index in [4.69, 9.17) is 0 Å². The van der Waals surface area contributed by atoms with Crippen molar-refractivity contribution in [3.63, 3.8) is 0 Å². The number of nitrogens with one attached hydrogen (secondary N) is 1. The van der Waals surface area contributed by atoms with Gasteiger partial charge in [0.1, 0.15) is 0 Å². The molecule has 0 aromatic heterocycles. The van der Waals surface area contributed by atoms with Gasteiger partial charge < -0.3 is 4.90 Å². The molecule has 14 heteroatoms. The highest BCUT2D eigenvalue weighted by Crippen LogP contribution is 2.27. The first kappa shape index (κ1) is 23.4. The number of halogens is 6. The Bertz CT molecular complexity index is 556. The van der Waals surface area contributed by atoms with Crippen molar-refractivity contribution >= 4 is 20.0 Å². The maximum absolute atomic E-state index is 11.5. The lowest BCUT2D eigenvalue weighted by atomic mass is 10.0. The summed E-state index contributed by atoms with van der Waals surface area (Å²) in [4.78, 5) is 2.43. The van der Waals surface area contributed by atoms with E-state index in [0.29, 0.717) is 0 Å². The molecule has 0 aliphatic carbocycles. The number of hydrogen-bond donors (Lipinski definition) is 1. The highest BCUT2D eigenvalue weighted by Gasteiger charge is 2.55. The minimum Gasteiger partial charge on any atom is -0.306 e. The summed E-state index contributed by atoms with van der Waals surface area (Å²) in [7, 11) is -11.0. The molecule has 146 valence electrons. The average molecular weight is 408 g/mol. The molecule has 1 N–H and O–H groups in total. The summed E-state index contributed by atoms with van der Waals surface area (Å²) in [5, 5.41) is 0. The highest BCUT2D eigenvalue weighted by molar-refractivity contribution is 8.05. The van der Waals surface area contributed by atoms with Gasteiger partial charge in [0.2, 0.25) is 0 Å². The van der Waals surface area contributed by atoms with E-state index >= 15 is 0 Å². The van der Waals surface area contributed by atoms with Gasteiger partial charge in [0.15, 0.2) is 0 Å². The lowest BCUT2D eigenvalue weighted by Gasteiger charge is -2.11. The van der Waals surface area contributed by atoms with Gasteiger partial charge in [-0.3, -0.25) is 0 Å². The number of rotatable bonds is 4. The third kappa shape index (κ3) is 7.11. The smallest absolute Gasteiger partial charge is 0.306 e. The molecule has 1 rings (SSSR count). The van der Waals surface area contributed by atoms with Crippen LogP contribution in [0.25, 0.3) is 0 Å². The molecule has 1 heterocycles. The molecule has 0 aromatic rings. The fraction of sp³-hybridized carbons (Fsp3) is 1.00. The van der Waals surface area contributed by atoms with Crippen LogP contribution >= 0.6 is 0 Å². The van der Waals surface area contributed by atoms with Crippen LogP contribution in [0.3, 0.4) is 0 Å². The Morgan fingerprint density at radius 1 is 1.00 bits per heavy atom. The van der Waals surface area contributed by atoms with Gasteiger partial charge in [0.25, 0.3) is 0 Å². The van der Waals surface area contributed by atoms with Crippen LogP contribution in [0.15, 0.2) is 0 Å². The van der Waals surface area contributed by atoms with Crippen molar-refractivity contribution in [2.24, 2.45) is 5.92 Å². The second-order valence-corrected chi connectivity index (χ2v) is 8.79. The molecular weight excluding hydrogens is 390 g/mol. The van der Waals surface area contributed by atoms with Crippen LogP contribution in [0.1, 0.15) is 26.2 Å². The molecule has 24 heavy (non-hydrogen) atoms. The van der Waals surface area contributed by atoms with Crippen molar-refractivity contribution < 1.29 is 43.2 Å². The number of alkyl halides is 6. The number of likely N-dealkylation sites (tertiary alicyclic amines) is 1. The summed E-state index contributed by atoms with van der Waals surface area (Å²) < 4.78 is 108. The molecule has 1 fully saturated rings. The Hall–Kier alpha value is -0.600. The quantitative estimate of drug-likeness (QED) is 0.720. The first-order valence-electron chi connectivity index (χ1n) is 6.63. The van der Waals surface area contributed by atoms with E-state index in [0.717, 1.165) is 5.92 Å². The van der Waals surface area contributed by atoms with Crippen LogP contribution in [0.5, 0.6) is 0 Å². The Morgan fingerprint density at radius 2 is 1.42 bits per heavy atom. The van der Waals surface area contributed by atoms with Crippen molar-refractivity contribution in [2.75, 3.05) is 20.1 Å². The van der Waals surface area contributed by atoms with Crippen LogP contribution < -0.4 is 4.13 Å². The predicted octanol–water partition coefficient (Wildman–Crippen LogP) is 2.01. The van der Waals surface area contributed by atoms with Gasteiger partial charge in [-0.25, -0.2) is 16.8 Å². The van der Waals surface area contributed by atoms with Crippen molar-refractivity contribution in [1.82, 2.24) is 9.03 Å². The molecule has 0 amide bonds. The molecule has 0 bridgehead atoms. The molecule has 1 saturated heterocycles. The molecule has 1 atom stereocenters. The standard InChI is InChI=1S/C8H17N.C2HF6NO4S2/c1-3-4-8-5-6-9(2)7-8;3-1(4,5)14(10,11)9-15(12,13)2(6,7)8/h8H,3-7H2,1-2H3;9H. The Kier molecular flexibility index (Phi) is 7.98. The SMILES string of the molecule is CCCC1CCN(C)C1.O=S(=O)(NS(=O)(=O)C(F)(F)F)C(F)(F)F. The molecule has 1 aliphatic heterocycles. The number of hydrogen-bond acceptors (Lipinski definition) is 5. The van der Waals surface area contributed by atoms with Crippen LogP contribution in [-0.2, 0) is 20.0 Å². The van der Waals surface area contributed by atoms with E-state index in [2.05, 4.69) is 18.9 Å². The van der Waals surface area contributed by atoms with Crippen molar-refractivity contribution in [3.8, 4) is 0 Å². The molecular formula is C10H18F6N2O4S2. The lowest BCUT2D eigenvalue weighted by Crippen LogP contribution is -2.45. The molecule has 1 aliphatic rings. The Balaban J connectivity index is 0.000000496. The zero-order valence-corrected chi connectivity index (χ0v) is 14.4. The van der Waals surface area contributed by atoms with Crippen LogP contribution in [-0.4, -0.2) is 52.9 Å². The average Bonchev–Trinajstić information content (AvgIpc) is 2.72. The van der Waals surface area contributed by atoms with E-state index in [9.17, 15) is 43.2 Å². The minimum absolute atomic E-state index is 0.493. The minimum atomic E-state index is -6.60. The van der Waals surface area contributed by atoms with E-state index < -0.39 is 35.2 Å². The fourth-order valence-electron chi connectivity index (χ4n) is 1.91. The van der Waals surface area contributed by atoms with Crippen molar-refractivity contribution in [3.05, 3.63) is 0 Å². The number of sulfonamides is 2. The van der Waals surface area contributed by atoms with Gasteiger partial charge in [0.05, 0.1) is 0 Å². The summed E-state index contributed by atoms with van der Waals surface area (Å²) >= 11 is 0. The normalized spacial score (nSPS) is 20.6. The molecule has 0 spiro atoms. The van der Waals surface area contributed by atoms with Gasteiger partial charge in [-0.05, 0) is 32.4 Å². The van der Waals surface area contributed by atoms with Crippen LogP contribution in [0, 0.1) is 5.92 Å². The van der Waals surface area contributed by atoms with E-state index in [1.807, 2.05) is 0 Å². The summed E-state index contributed by atoms with van der Waals surface area (Å²) in [5.41, 5.74) is -12.3. The summed E-state index contributed by atoms with van der Waals surface area (Å²) in [5.74, 6) is 1.01. The molecule has 1 unspecified atom stereocenters. The third-order valence-electron chi connectivity index (χ3n) is 3.01. The maximum Gasteiger partial charge on any atom is 0.512 e. The fourth-order valence-corrected chi connectivity index (χ4v) is 3.82. The lowest BCUT2D eigenvalue weighted by molar-refractivity contribution is -0.0476. The van der Waals surface area contributed by atoms with Crippen molar-refractivity contribution in [1.29, 1.82) is 0 Å². The molecule has 6 nitrogen and oxygen atoms in total. The zero-order valence-electron chi connectivity index (χ0n) is 12.8. The molecule has 0 radical (unpaired) electrons. The summed E-state index contributed by atoms with van der Waals surface area (Å²) in [6.45, 7) is 4.94. The second kappa shape index (κ2) is 8.19. The van der Waals surface area contributed by atoms with Gasteiger partial charge in [-0.15, -0.1) is 0 Å². The maximum atomic E-state index is 11.5. The zero-order chi connectivity index (χ0) is 19.4. The third-order valence-corrected chi connectivity index (χ3v) is 5.99. The van der Waals surface area contributed by atoms with E-state index in [1.165, 1.54) is 32.4 Å². The first-order valence-corrected chi connectivity index (χ1v) is 9.59. The molecule has 0 saturated carbocycles. The van der Waals surface area contributed by atoms with Gasteiger partial charge in [0, 0.05) is 6.54 Å². The second-order valence-electron chi connectivity index (χ2n) is 5.19. The van der Waals surface area contributed by atoms with Gasteiger partial charge in [-0.2, -0.15) is 26.3 Å². The van der Waals surface area contributed by atoms with Crippen LogP contribution in [0.4, 0.5) is 26.3 Å². The van der Waals surface area contributed by atoms with Gasteiger partial charge in [-0.1, -0.05) is 17.5 Å². The predicted molar refractivity (Wildman–Crippen MR) is 73.6 cm³/mol. The Morgan fingerprint density at radius 3 is 1.67 bits per heavy atom. The summed E-state index contributed by atoms with van der Waals surface area (Å²) in [6, 6.07) is 0. The Labute approximate surface area is 136 Å². The highest BCUT2D eigenvalue weighted by atomic mass is 32.3. The monoisotopic (exact) mass is 408 g/mol.